The number of halogens is 3. The van der Waals surface area contributed by atoms with Gasteiger partial charge in [-0.05, 0) is 31.0 Å². The SMILES string of the molecule is COc1ccc(C(F)(F)F)cc1NC(=O)C1CCC1. The van der Waals surface area contributed by atoms with Gasteiger partial charge in [0.1, 0.15) is 5.75 Å². The average Bonchev–Trinajstić information content (AvgIpc) is 2.25. The van der Waals surface area contributed by atoms with Crippen molar-refractivity contribution < 1.29 is 22.7 Å². The highest BCUT2D eigenvalue weighted by Gasteiger charge is 2.32. The second-order valence-electron chi connectivity index (χ2n) is 4.53. The summed E-state index contributed by atoms with van der Waals surface area (Å²) in [6, 6.07) is 3.03. The van der Waals surface area contributed by atoms with Gasteiger partial charge in [-0.1, -0.05) is 6.42 Å². The average molecular weight is 273 g/mol. The molecule has 19 heavy (non-hydrogen) atoms. The summed E-state index contributed by atoms with van der Waals surface area (Å²) in [4.78, 5) is 11.8. The molecule has 1 aliphatic carbocycles. The van der Waals surface area contributed by atoms with E-state index < -0.39 is 11.7 Å². The second-order valence-corrected chi connectivity index (χ2v) is 4.53. The second kappa shape index (κ2) is 5.11. The van der Waals surface area contributed by atoms with E-state index in [2.05, 4.69) is 5.32 Å². The van der Waals surface area contributed by atoms with Crippen molar-refractivity contribution >= 4 is 11.6 Å². The minimum absolute atomic E-state index is 0.0641. The third kappa shape index (κ3) is 3.00. The molecule has 0 spiro atoms. The highest BCUT2D eigenvalue weighted by Crippen LogP contribution is 2.36. The van der Waals surface area contributed by atoms with E-state index >= 15 is 0 Å². The Hall–Kier alpha value is -1.72. The molecule has 6 heteroatoms. The van der Waals surface area contributed by atoms with Crippen molar-refractivity contribution in [1.82, 2.24) is 0 Å². The Morgan fingerprint density at radius 1 is 1.37 bits per heavy atom. The lowest BCUT2D eigenvalue weighted by Crippen LogP contribution is -2.28. The van der Waals surface area contributed by atoms with Crippen molar-refractivity contribution in [2.45, 2.75) is 25.4 Å². The van der Waals surface area contributed by atoms with E-state index in [1.54, 1.807) is 0 Å². The van der Waals surface area contributed by atoms with E-state index in [-0.39, 0.29) is 23.3 Å². The first-order chi connectivity index (χ1) is 8.91. The quantitative estimate of drug-likeness (QED) is 0.916. The number of carbonyl (C=O) groups is 1. The third-order valence-electron chi connectivity index (χ3n) is 3.26. The lowest BCUT2D eigenvalue weighted by Gasteiger charge is -2.24. The summed E-state index contributed by atoms with van der Waals surface area (Å²) >= 11 is 0. The van der Waals surface area contributed by atoms with Crippen LogP contribution in [-0.2, 0) is 11.0 Å². The normalized spacial score (nSPS) is 15.8. The van der Waals surface area contributed by atoms with Crippen LogP contribution in [0.25, 0.3) is 0 Å². The van der Waals surface area contributed by atoms with Crippen LogP contribution in [0.5, 0.6) is 5.75 Å². The van der Waals surface area contributed by atoms with Crippen LogP contribution in [0.2, 0.25) is 0 Å². The monoisotopic (exact) mass is 273 g/mol. The van der Waals surface area contributed by atoms with Crippen LogP contribution < -0.4 is 10.1 Å². The molecule has 1 saturated carbocycles. The summed E-state index contributed by atoms with van der Waals surface area (Å²) in [5.74, 6) is -0.121. The molecule has 0 saturated heterocycles. The number of hydrogen-bond donors (Lipinski definition) is 1. The van der Waals surface area contributed by atoms with Crippen LogP contribution in [0.4, 0.5) is 18.9 Å². The van der Waals surface area contributed by atoms with Gasteiger partial charge in [0.25, 0.3) is 0 Å². The van der Waals surface area contributed by atoms with Crippen LogP contribution in [0.15, 0.2) is 18.2 Å². The Bertz CT molecular complexity index is 481. The molecule has 3 nitrogen and oxygen atoms in total. The summed E-state index contributed by atoms with van der Waals surface area (Å²) in [5, 5.41) is 2.51. The molecule has 1 aliphatic rings. The molecule has 1 aromatic carbocycles. The van der Waals surface area contributed by atoms with Crippen LogP contribution in [-0.4, -0.2) is 13.0 Å². The van der Waals surface area contributed by atoms with Gasteiger partial charge in [0, 0.05) is 5.92 Å². The Balaban J connectivity index is 2.23. The molecule has 0 radical (unpaired) electrons. The van der Waals surface area contributed by atoms with Gasteiger partial charge in [-0.2, -0.15) is 13.2 Å². The van der Waals surface area contributed by atoms with Gasteiger partial charge < -0.3 is 10.1 Å². The zero-order valence-electron chi connectivity index (χ0n) is 10.4. The number of alkyl halides is 3. The van der Waals surface area contributed by atoms with Crippen LogP contribution in [0.3, 0.4) is 0 Å². The van der Waals surface area contributed by atoms with Crippen molar-refractivity contribution in [2.75, 3.05) is 12.4 Å². The van der Waals surface area contributed by atoms with Gasteiger partial charge in [-0.25, -0.2) is 0 Å². The highest BCUT2D eigenvalue weighted by molar-refractivity contribution is 5.94. The predicted octanol–water partition coefficient (Wildman–Crippen LogP) is 3.45. The number of carbonyl (C=O) groups excluding carboxylic acids is 1. The number of anilines is 1. The molecule has 104 valence electrons. The summed E-state index contributed by atoms with van der Waals surface area (Å²) in [6.07, 6.45) is -1.89. The minimum atomic E-state index is -4.44. The van der Waals surface area contributed by atoms with Gasteiger partial charge in [-0.15, -0.1) is 0 Å². The molecule has 0 unspecified atom stereocenters. The first kappa shape index (κ1) is 13.7. The van der Waals surface area contributed by atoms with Crippen molar-refractivity contribution in [3.05, 3.63) is 23.8 Å². The molecular formula is C13H14F3NO2. The van der Waals surface area contributed by atoms with E-state index in [1.807, 2.05) is 0 Å². The first-order valence-electron chi connectivity index (χ1n) is 5.98. The Kier molecular flexibility index (Phi) is 3.68. The fourth-order valence-corrected chi connectivity index (χ4v) is 1.89. The molecule has 0 aromatic heterocycles. The molecule has 0 aliphatic heterocycles. The van der Waals surface area contributed by atoms with Crippen LogP contribution in [0.1, 0.15) is 24.8 Å². The number of hydrogen-bond acceptors (Lipinski definition) is 2. The maximum absolute atomic E-state index is 12.6. The number of nitrogens with one attached hydrogen (secondary N) is 1. The number of benzene rings is 1. The standard InChI is InChI=1S/C13H14F3NO2/c1-19-11-6-5-9(13(14,15)16)7-10(11)17-12(18)8-3-2-4-8/h5-8H,2-4H2,1H3,(H,17,18). The molecule has 1 aromatic rings. The maximum Gasteiger partial charge on any atom is 0.416 e. The van der Waals surface area contributed by atoms with Gasteiger partial charge in [-0.3, -0.25) is 4.79 Å². The van der Waals surface area contributed by atoms with Crippen molar-refractivity contribution in [2.24, 2.45) is 5.92 Å². The van der Waals surface area contributed by atoms with Crippen LogP contribution in [0, 0.1) is 5.92 Å². The first-order valence-corrected chi connectivity index (χ1v) is 5.98. The number of rotatable bonds is 3. The molecule has 1 amide bonds. The van der Waals surface area contributed by atoms with Crippen molar-refractivity contribution in [3.8, 4) is 5.75 Å². The maximum atomic E-state index is 12.6. The van der Waals surface area contributed by atoms with E-state index in [4.69, 9.17) is 4.74 Å². The summed E-state index contributed by atoms with van der Waals surface area (Å²) < 4.78 is 42.8. The Morgan fingerprint density at radius 2 is 2.05 bits per heavy atom. The van der Waals surface area contributed by atoms with Gasteiger partial charge >= 0.3 is 6.18 Å². The Labute approximate surface area is 108 Å². The van der Waals surface area contributed by atoms with Crippen LogP contribution >= 0.6 is 0 Å². The Morgan fingerprint density at radius 3 is 2.53 bits per heavy atom. The zero-order chi connectivity index (χ0) is 14.0. The number of methoxy groups -OCH3 is 1. The molecular weight excluding hydrogens is 259 g/mol. The van der Waals surface area contributed by atoms with Crippen molar-refractivity contribution in [3.63, 3.8) is 0 Å². The fraction of sp³-hybridized carbons (Fsp3) is 0.462. The molecule has 0 bridgehead atoms. The smallest absolute Gasteiger partial charge is 0.416 e. The lowest BCUT2D eigenvalue weighted by molar-refractivity contribution is -0.137. The van der Waals surface area contributed by atoms with E-state index in [0.29, 0.717) is 0 Å². The number of amides is 1. The largest absolute Gasteiger partial charge is 0.495 e. The van der Waals surface area contributed by atoms with Gasteiger partial charge in [0.15, 0.2) is 0 Å². The van der Waals surface area contributed by atoms with Gasteiger partial charge in [0.2, 0.25) is 5.91 Å². The molecule has 0 atom stereocenters. The lowest BCUT2D eigenvalue weighted by atomic mass is 9.85. The van der Waals surface area contributed by atoms with Gasteiger partial charge in [0.05, 0.1) is 18.4 Å². The third-order valence-corrected chi connectivity index (χ3v) is 3.26. The minimum Gasteiger partial charge on any atom is -0.495 e. The molecule has 0 heterocycles. The highest BCUT2D eigenvalue weighted by atomic mass is 19.4. The fourth-order valence-electron chi connectivity index (χ4n) is 1.89. The predicted molar refractivity (Wildman–Crippen MR) is 64.0 cm³/mol. The zero-order valence-corrected chi connectivity index (χ0v) is 10.4. The molecule has 2 rings (SSSR count). The van der Waals surface area contributed by atoms with E-state index in [1.165, 1.54) is 13.2 Å². The molecule has 1 N–H and O–H groups in total. The number of ether oxygens (including phenoxy) is 1. The summed E-state index contributed by atoms with van der Waals surface area (Å²) in [6.45, 7) is 0. The summed E-state index contributed by atoms with van der Waals surface area (Å²) in [5.41, 5.74) is -0.744. The molecule has 1 fully saturated rings. The summed E-state index contributed by atoms with van der Waals surface area (Å²) in [7, 11) is 1.35. The van der Waals surface area contributed by atoms with Crippen molar-refractivity contribution in [1.29, 1.82) is 0 Å². The van der Waals surface area contributed by atoms with E-state index in [0.717, 1.165) is 31.4 Å². The van der Waals surface area contributed by atoms with E-state index in [9.17, 15) is 18.0 Å². The topological polar surface area (TPSA) is 38.3 Å².